The summed E-state index contributed by atoms with van der Waals surface area (Å²) in [5.74, 6) is -2.27. The number of benzene rings is 1. The van der Waals surface area contributed by atoms with Gasteiger partial charge in [0.2, 0.25) is 0 Å². The Hall–Kier alpha value is -1.71. The number of esters is 1. The standard InChI is InChI=1S/C11H11FO3/c1-3-15-11(14)10(13)8-5-4-6-9(12)7(8)2/h4-6H,3H2,1-2H3. The molecule has 80 valence electrons. The minimum atomic E-state index is -0.953. The Labute approximate surface area is 86.9 Å². The van der Waals surface area contributed by atoms with E-state index in [2.05, 4.69) is 4.74 Å². The Morgan fingerprint density at radius 2 is 2.07 bits per heavy atom. The van der Waals surface area contributed by atoms with Gasteiger partial charge in [-0.2, -0.15) is 0 Å². The van der Waals surface area contributed by atoms with Gasteiger partial charge in [0.05, 0.1) is 6.61 Å². The average molecular weight is 210 g/mol. The molecule has 0 bridgehead atoms. The Kier molecular flexibility index (Phi) is 3.55. The quantitative estimate of drug-likeness (QED) is 0.434. The van der Waals surface area contributed by atoms with Crippen LogP contribution < -0.4 is 0 Å². The summed E-state index contributed by atoms with van der Waals surface area (Å²) in [5.41, 5.74) is 0.212. The van der Waals surface area contributed by atoms with Crippen molar-refractivity contribution < 1.29 is 18.7 Å². The molecule has 0 saturated carbocycles. The maximum atomic E-state index is 13.1. The fourth-order valence-corrected chi connectivity index (χ4v) is 1.16. The van der Waals surface area contributed by atoms with Gasteiger partial charge < -0.3 is 4.74 Å². The van der Waals surface area contributed by atoms with E-state index in [4.69, 9.17) is 0 Å². The molecule has 0 fully saturated rings. The van der Waals surface area contributed by atoms with E-state index in [1.54, 1.807) is 6.92 Å². The predicted octanol–water partition coefficient (Wildman–Crippen LogP) is 1.88. The minimum Gasteiger partial charge on any atom is -0.460 e. The van der Waals surface area contributed by atoms with E-state index in [0.29, 0.717) is 0 Å². The number of hydrogen-bond donors (Lipinski definition) is 0. The summed E-state index contributed by atoms with van der Waals surface area (Å²) >= 11 is 0. The minimum absolute atomic E-state index is 0.0495. The number of hydrogen-bond acceptors (Lipinski definition) is 3. The van der Waals surface area contributed by atoms with Crippen molar-refractivity contribution in [1.82, 2.24) is 0 Å². The lowest BCUT2D eigenvalue weighted by Gasteiger charge is -2.04. The largest absolute Gasteiger partial charge is 0.460 e. The Balaban J connectivity index is 3.01. The second kappa shape index (κ2) is 4.68. The van der Waals surface area contributed by atoms with E-state index in [-0.39, 0.29) is 17.7 Å². The lowest BCUT2D eigenvalue weighted by molar-refractivity contribution is -0.137. The fraction of sp³-hybridized carbons (Fsp3) is 0.273. The highest BCUT2D eigenvalue weighted by Crippen LogP contribution is 2.13. The third-order valence-corrected chi connectivity index (χ3v) is 1.97. The van der Waals surface area contributed by atoms with Gasteiger partial charge in [-0.05, 0) is 25.5 Å². The van der Waals surface area contributed by atoms with Crippen LogP contribution in [-0.2, 0) is 9.53 Å². The number of ether oxygens (including phenoxy) is 1. The van der Waals surface area contributed by atoms with Crippen molar-refractivity contribution in [2.75, 3.05) is 6.61 Å². The van der Waals surface area contributed by atoms with E-state index in [9.17, 15) is 14.0 Å². The maximum absolute atomic E-state index is 13.1. The molecule has 0 spiro atoms. The molecule has 4 heteroatoms. The van der Waals surface area contributed by atoms with Crippen LogP contribution in [0.15, 0.2) is 18.2 Å². The van der Waals surface area contributed by atoms with E-state index in [0.717, 1.165) is 0 Å². The van der Waals surface area contributed by atoms with Crippen molar-refractivity contribution >= 4 is 11.8 Å². The molecule has 1 aromatic carbocycles. The molecule has 0 aliphatic carbocycles. The molecule has 0 aliphatic heterocycles. The van der Waals surface area contributed by atoms with Crippen molar-refractivity contribution in [1.29, 1.82) is 0 Å². The highest BCUT2D eigenvalue weighted by Gasteiger charge is 2.20. The molecule has 0 saturated heterocycles. The molecule has 0 aromatic heterocycles. The Morgan fingerprint density at radius 3 is 2.67 bits per heavy atom. The smallest absolute Gasteiger partial charge is 0.379 e. The number of ketones is 1. The van der Waals surface area contributed by atoms with Gasteiger partial charge in [0.1, 0.15) is 5.82 Å². The van der Waals surface area contributed by atoms with E-state index < -0.39 is 17.6 Å². The van der Waals surface area contributed by atoms with Gasteiger partial charge in [0.15, 0.2) is 0 Å². The molecule has 1 rings (SSSR count). The van der Waals surface area contributed by atoms with Crippen LogP contribution >= 0.6 is 0 Å². The first-order valence-electron chi connectivity index (χ1n) is 4.54. The summed E-state index contributed by atoms with van der Waals surface area (Å²) in [4.78, 5) is 22.6. The lowest BCUT2D eigenvalue weighted by Crippen LogP contribution is -2.18. The van der Waals surface area contributed by atoms with Gasteiger partial charge in [-0.3, -0.25) is 4.79 Å². The number of carbonyl (C=O) groups is 2. The van der Waals surface area contributed by atoms with Crippen LogP contribution in [0, 0.1) is 12.7 Å². The summed E-state index contributed by atoms with van der Waals surface area (Å²) in [6.45, 7) is 3.17. The predicted molar refractivity (Wildman–Crippen MR) is 52.1 cm³/mol. The van der Waals surface area contributed by atoms with Gasteiger partial charge >= 0.3 is 5.97 Å². The molecule has 1 aromatic rings. The average Bonchev–Trinajstić information content (AvgIpc) is 2.21. The zero-order chi connectivity index (χ0) is 11.4. The number of halogens is 1. The van der Waals surface area contributed by atoms with Crippen LogP contribution in [0.2, 0.25) is 0 Å². The molecule has 0 heterocycles. The molecule has 0 amide bonds. The first-order chi connectivity index (χ1) is 7.07. The highest BCUT2D eigenvalue weighted by atomic mass is 19.1. The van der Waals surface area contributed by atoms with Gasteiger partial charge in [0.25, 0.3) is 5.78 Å². The number of Topliss-reactive ketones (excluding diaryl/α,β-unsaturated/α-hetero) is 1. The third kappa shape index (κ3) is 2.40. The third-order valence-electron chi connectivity index (χ3n) is 1.97. The van der Waals surface area contributed by atoms with Crippen molar-refractivity contribution in [3.8, 4) is 0 Å². The van der Waals surface area contributed by atoms with Crippen LogP contribution in [0.1, 0.15) is 22.8 Å². The van der Waals surface area contributed by atoms with Crippen LogP contribution in [-0.4, -0.2) is 18.4 Å². The second-order valence-electron chi connectivity index (χ2n) is 2.96. The molecule has 0 N–H and O–H groups in total. The normalized spacial score (nSPS) is 9.80. The molecule has 3 nitrogen and oxygen atoms in total. The summed E-state index contributed by atoms with van der Waals surface area (Å²) < 4.78 is 17.6. The van der Waals surface area contributed by atoms with Crippen molar-refractivity contribution in [3.63, 3.8) is 0 Å². The van der Waals surface area contributed by atoms with E-state index >= 15 is 0 Å². The van der Waals surface area contributed by atoms with Gasteiger partial charge in [-0.15, -0.1) is 0 Å². The molecular formula is C11H11FO3. The van der Waals surface area contributed by atoms with Crippen molar-refractivity contribution in [3.05, 3.63) is 35.1 Å². The van der Waals surface area contributed by atoms with Gasteiger partial charge in [0, 0.05) is 5.56 Å². The maximum Gasteiger partial charge on any atom is 0.379 e. The van der Waals surface area contributed by atoms with Crippen molar-refractivity contribution in [2.45, 2.75) is 13.8 Å². The lowest BCUT2D eigenvalue weighted by atomic mass is 10.0. The highest BCUT2D eigenvalue weighted by molar-refractivity contribution is 6.41. The summed E-state index contributed by atoms with van der Waals surface area (Å²) in [7, 11) is 0. The fourth-order valence-electron chi connectivity index (χ4n) is 1.16. The van der Waals surface area contributed by atoms with Gasteiger partial charge in [-0.25, -0.2) is 9.18 Å². The molecule has 15 heavy (non-hydrogen) atoms. The zero-order valence-electron chi connectivity index (χ0n) is 8.54. The molecule has 0 radical (unpaired) electrons. The topological polar surface area (TPSA) is 43.4 Å². The molecular weight excluding hydrogens is 199 g/mol. The molecule has 0 aliphatic rings. The molecule has 0 unspecified atom stereocenters. The van der Waals surface area contributed by atoms with Crippen LogP contribution in [0.25, 0.3) is 0 Å². The number of carbonyl (C=O) groups excluding carboxylic acids is 2. The zero-order valence-corrected chi connectivity index (χ0v) is 8.54. The first-order valence-corrected chi connectivity index (χ1v) is 4.54. The summed E-state index contributed by atoms with van der Waals surface area (Å²) in [6.07, 6.45) is 0. The van der Waals surface area contributed by atoms with Crippen LogP contribution in [0.5, 0.6) is 0 Å². The second-order valence-corrected chi connectivity index (χ2v) is 2.96. The Morgan fingerprint density at radius 1 is 1.40 bits per heavy atom. The van der Waals surface area contributed by atoms with Crippen LogP contribution in [0.4, 0.5) is 4.39 Å². The molecule has 0 atom stereocenters. The number of rotatable bonds is 3. The van der Waals surface area contributed by atoms with Crippen LogP contribution in [0.3, 0.4) is 0 Å². The Bertz CT molecular complexity index is 399. The SMILES string of the molecule is CCOC(=O)C(=O)c1cccc(F)c1C. The van der Waals surface area contributed by atoms with Crippen molar-refractivity contribution in [2.24, 2.45) is 0 Å². The van der Waals surface area contributed by atoms with Gasteiger partial charge in [-0.1, -0.05) is 12.1 Å². The summed E-state index contributed by atoms with van der Waals surface area (Å²) in [5, 5.41) is 0. The summed E-state index contributed by atoms with van der Waals surface area (Å²) in [6, 6.07) is 4.02. The van der Waals surface area contributed by atoms with E-state index in [1.165, 1.54) is 25.1 Å². The first kappa shape index (κ1) is 11.4. The van der Waals surface area contributed by atoms with E-state index in [1.807, 2.05) is 0 Å². The monoisotopic (exact) mass is 210 g/mol.